The quantitative estimate of drug-likeness (QED) is 0.815. The van der Waals surface area contributed by atoms with Crippen LogP contribution in [-0.2, 0) is 9.59 Å². The van der Waals surface area contributed by atoms with E-state index in [1.165, 1.54) is 6.42 Å². The first-order chi connectivity index (χ1) is 14.7. The standard InChI is InChI=1S/C25H31N3O2/c29-24(26-22-12-6-2-7-13-22)21-14-18-27(19-15-21)23(20-10-4-1-5-11-20)25(30)28-16-8-3-9-17-28/h1-2,4-7,10-13,21,23H,3,8-9,14-19H2,(H,26,29)/t23-/m1/s1. The van der Waals surface area contributed by atoms with Gasteiger partial charge in [-0.2, -0.15) is 0 Å². The van der Waals surface area contributed by atoms with E-state index in [1.807, 2.05) is 53.4 Å². The number of carbonyl (C=O) groups is 2. The van der Waals surface area contributed by atoms with Crippen molar-refractivity contribution in [2.24, 2.45) is 5.92 Å². The number of piperidine rings is 2. The molecule has 5 heteroatoms. The molecular weight excluding hydrogens is 374 g/mol. The Hall–Kier alpha value is -2.66. The van der Waals surface area contributed by atoms with Crippen LogP contribution in [0.15, 0.2) is 60.7 Å². The Kier molecular flexibility index (Phi) is 6.80. The molecule has 2 aromatic rings. The van der Waals surface area contributed by atoms with Crippen molar-refractivity contribution in [1.29, 1.82) is 0 Å². The van der Waals surface area contributed by atoms with Crippen molar-refractivity contribution in [2.45, 2.75) is 38.1 Å². The minimum absolute atomic E-state index is 0.0111. The normalized spacial score (nSPS) is 19.3. The Balaban J connectivity index is 1.42. The number of benzene rings is 2. The monoisotopic (exact) mass is 405 g/mol. The van der Waals surface area contributed by atoms with Gasteiger partial charge in [0, 0.05) is 24.7 Å². The van der Waals surface area contributed by atoms with Gasteiger partial charge in [-0.1, -0.05) is 48.5 Å². The minimum Gasteiger partial charge on any atom is -0.341 e. The summed E-state index contributed by atoms with van der Waals surface area (Å²) in [6.45, 7) is 3.23. The molecule has 5 nitrogen and oxygen atoms in total. The number of nitrogens with zero attached hydrogens (tertiary/aromatic N) is 2. The van der Waals surface area contributed by atoms with Crippen molar-refractivity contribution in [3.63, 3.8) is 0 Å². The SMILES string of the molecule is O=C(Nc1ccccc1)C1CCN([C@@H](C(=O)N2CCCCC2)c2ccccc2)CC1. The molecule has 1 atom stereocenters. The van der Waals surface area contributed by atoms with E-state index in [2.05, 4.69) is 22.3 Å². The smallest absolute Gasteiger partial charge is 0.244 e. The van der Waals surface area contributed by atoms with Crippen LogP contribution >= 0.6 is 0 Å². The second-order valence-corrected chi connectivity index (χ2v) is 8.36. The summed E-state index contributed by atoms with van der Waals surface area (Å²) in [5.74, 6) is 0.288. The lowest BCUT2D eigenvalue weighted by Crippen LogP contribution is -2.48. The highest BCUT2D eigenvalue weighted by molar-refractivity contribution is 5.92. The molecule has 0 spiro atoms. The highest BCUT2D eigenvalue weighted by atomic mass is 16.2. The highest BCUT2D eigenvalue weighted by Gasteiger charge is 2.35. The third-order valence-electron chi connectivity index (χ3n) is 6.32. The first-order valence-electron chi connectivity index (χ1n) is 11.2. The van der Waals surface area contributed by atoms with Crippen LogP contribution in [0.25, 0.3) is 0 Å². The molecule has 0 aliphatic carbocycles. The summed E-state index contributed by atoms with van der Waals surface area (Å²) in [4.78, 5) is 30.5. The van der Waals surface area contributed by atoms with Crippen molar-refractivity contribution in [1.82, 2.24) is 9.80 Å². The van der Waals surface area contributed by atoms with Crippen LogP contribution in [0, 0.1) is 5.92 Å². The molecule has 2 aliphatic rings. The van der Waals surface area contributed by atoms with Gasteiger partial charge >= 0.3 is 0 Å². The fourth-order valence-electron chi connectivity index (χ4n) is 4.62. The lowest BCUT2D eigenvalue weighted by molar-refractivity contribution is -0.139. The van der Waals surface area contributed by atoms with Crippen LogP contribution in [0.4, 0.5) is 5.69 Å². The third kappa shape index (κ3) is 4.90. The van der Waals surface area contributed by atoms with E-state index >= 15 is 0 Å². The van der Waals surface area contributed by atoms with E-state index in [-0.39, 0.29) is 23.8 Å². The number of carbonyl (C=O) groups excluding carboxylic acids is 2. The number of rotatable bonds is 5. The van der Waals surface area contributed by atoms with Crippen molar-refractivity contribution in [3.05, 3.63) is 66.2 Å². The van der Waals surface area contributed by atoms with Gasteiger partial charge in [-0.25, -0.2) is 0 Å². The van der Waals surface area contributed by atoms with Crippen LogP contribution in [0.2, 0.25) is 0 Å². The molecular formula is C25H31N3O2. The molecule has 2 heterocycles. The molecule has 4 rings (SSSR count). The van der Waals surface area contributed by atoms with Gasteiger partial charge in [0.05, 0.1) is 0 Å². The predicted molar refractivity (Wildman–Crippen MR) is 119 cm³/mol. The van der Waals surface area contributed by atoms with Crippen LogP contribution < -0.4 is 5.32 Å². The molecule has 0 radical (unpaired) electrons. The molecule has 0 bridgehead atoms. The van der Waals surface area contributed by atoms with Crippen molar-refractivity contribution in [2.75, 3.05) is 31.5 Å². The molecule has 30 heavy (non-hydrogen) atoms. The first kappa shape index (κ1) is 20.6. The second-order valence-electron chi connectivity index (χ2n) is 8.36. The topological polar surface area (TPSA) is 52.7 Å². The van der Waals surface area contributed by atoms with E-state index in [9.17, 15) is 9.59 Å². The minimum atomic E-state index is -0.248. The number of anilines is 1. The molecule has 1 N–H and O–H groups in total. The predicted octanol–water partition coefficient (Wildman–Crippen LogP) is 4.09. The van der Waals surface area contributed by atoms with E-state index in [0.717, 1.165) is 63.1 Å². The van der Waals surface area contributed by atoms with Gasteiger partial charge in [0.1, 0.15) is 6.04 Å². The molecule has 158 valence electrons. The van der Waals surface area contributed by atoms with Crippen molar-refractivity contribution < 1.29 is 9.59 Å². The van der Waals surface area contributed by atoms with Crippen molar-refractivity contribution >= 4 is 17.5 Å². The summed E-state index contributed by atoms with van der Waals surface area (Å²) < 4.78 is 0. The van der Waals surface area contributed by atoms with Gasteiger partial charge < -0.3 is 10.2 Å². The molecule has 2 amide bonds. The molecule has 2 fully saturated rings. The first-order valence-corrected chi connectivity index (χ1v) is 11.2. The molecule has 2 aromatic carbocycles. The lowest BCUT2D eigenvalue weighted by Gasteiger charge is -2.39. The number of para-hydroxylation sites is 1. The molecule has 2 aliphatic heterocycles. The van der Waals surface area contributed by atoms with E-state index in [4.69, 9.17) is 0 Å². The van der Waals surface area contributed by atoms with E-state index in [0.29, 0.717) is 0 Å². The summed E-state index contributed by atoms with van der Waals surface area (Å²) in [5.41, 5.74) is 1.90. The number of amides is 2. The maximum absolute atomic E-state index is 13.5. The lowest BCUT2D eigenvalue weighted by atomic mass is 9.92. The largest absolute Gasteiger partial charge is 0.341 e. The van der Waals surface area contributed by atoms with E-state index < -0.39 is 0 Å². The maximum Gasteiger partial charge on any atom is 0.244 e. The fourth-order valence-corrected chi connectivity index (χ4v) is 4.62. The summed E-state index contributed by atoms with van der Waals surface area (Å²) >= 11 is 0. The Morgan fingerprint density at radius 3 is 2.03 bits per heavy atom. The van der Waals surface area contributed by atoms with Crippen LogP contribution in [0.1, 0.15) is 43.7 Å². The molecule has 0 unspecified atom stereocenters. The zero-order valence-electron chi connectivity index (χ0n) is 17.5. The summed E-state index contributed by atoms with van der Waals surface area (Å²) in [5, 5.41) is 3.03. The summed E-state index contributed by atoms with van der Waals surface area (Å²) in [6.07, 6.45) is 4.94. The zero-order chi connectivity index (χ0) is 20.8. The Labute approximate surface area is 179 Å². The number of hydrogen-bond donors (Lipinski definition) is 1. The van der Waals surface area contributed by atoms with Gasteiger partial charge in [0.25, 0.3) is 0 Å². The average Bonchev–Trinajstić information content (AvgIpc) is 2.81. The molecule has 2 saturated heterocycles. The van der Waals surface area contributed by atoms with Gasteiger partial charge in [-0.3, -0.25) is 14.5 Å². The molecule has 0 saturated carbocycles. The number of nitrogens with one attached hydrogen (secondary N) is 1. The highest BCUT2D eigenvalue weighted by Crippen LogP contribution is 2.30. The van der Waals surface area contributed by atoms with Gasteiger partial charge in [-0.05, 0) is 62.9 Å². The summed E-state index contributed by atoms with van der Waals surface area (Å²) in [6, 6.07) is 19.5. The van der Waals surface area contributed by atoms with Gasteiger partial charge in [0.2, 0.25) is 11.8 Å². The van der Waals surface area contributed by atoms with Crippen molar-refractivity contribution in [3.8, 4) is 0 Å². The van der Waals surface area contributed by atoms with E-state index in [1.54, 1.807) is 0 Å². The second kappa shape index (κ2) is 9.90. The average molecular weight is 406 g/mol. The Morgan fingerprint density at radius 1 is 0.800 bits per heavy atom. The van der Waals surface area contributed by atoms with Crippen LogP contribution in [-0.4, -0.2) is 47.8 Å². The number of hydrogen-bond acceptors (Lipinski definition) is 3. The Bertz CT molecular complexity index is 826. The summed E-state index contributed by atoms with van der Waals surface area (Å²) in [7, 11) is 0. The fraction of sp³-hybridized carbons (Fsp3) is 0.440. The van der Waals surface area contributed by atoms with Gasteiger partial charge in [-0.15, -0.1) is 0 Å². The maximum atomic E-state index is 13.5. The van der Waals surface area contributed by atoms with Crippen LogP contribution in [0.5, 0.6) is 0 Å². The molecule has 0 aromatic heterocycles. The third-order valence-corrected chi connectivity index (χ3v) is 6.32. The number of likely N-dealkylation sites (tertiary alicyclic amines) is 2. The Morgan fingerprint density at radius 2 is 1.40 bits per heavy atom. The zero-order valence-corrected chi connectivity index (χ0v) is 17.5. The van der Waals surface area contributed by atoms with Crippen LogP contribution in [0.3, 0.4) is 0 Å². The van der Waals surface area contributed by atoms with Gasteiger partial charge in [0.15, 0.2) is 0 Å².